The van der Waals surface area contributed by atoms with Gasteiger partial charge in [-0.05, 0) is 31.0 Å². The van der Waals surface area contributed by atoms with Crippen LogP contribution in [0.25, 0.3) is 0 Å². The summed E-state index contributed by atoms with van der Waals surface area (Å²) < 4.78 is 0.819. The molecule has 2 aliphatic rings. The molecule has 1 saturated heterocycles. The van der Waals surface area contributed by atoms with Crippen LogP contribution in [-0.4, -0.2) is 11.8 Å². The lowest BCUT2D eigenvalue weighted by molar-refractivity contribution is -0.122. The molecule has 1 aliphatic heterocycles. The maximum absolute atomic E-state index is 12.4. The molecule has 2 unspecified atom stereocenters. The van der Waals surface area contributed by atoms with Crippen molar-refractivity contribution >= 4 is 45.0 Å². The maximum Gasteiger partial charge on any atom is 0.238 e. The Bertz CT molecular complexity index is 573. The van der Waals surface area contributed by atoms with E-state index in [4.69, 9.17) is 11.6 Å². The van der Waals surface area contributed by atoms with Gasteiger partial charge in [-0.25, -0.2) is 4.90 Å². The Morgan fingerprint density at radius 3 is 2.21 bits per heavy atom. The number of rotatable bonds is 1. The molecular formula is C14H11BrClNO2. The van der Waals surface area contributed by atoms with Crippen molar-refractivity contribution < 1.29 is 9.59 Å². The number of anilines is 1. The maximum atomic E-state index is 12.4. The van der Waals surface area contributed by atoms with Gasteiger partial charge in [-0.2, -0.15) is 0 Å². The molecule has 3 rings (SSSR count). The highest BCUT2D eigenvalue weighted by Crippen LogP contribution is 2.40. The number of hydrogen-bond acceptors (Lipinski definition) is 2. The Kier molecular flexibility index (Phi) is 3.23. The molecule has 0 bridgehead atoms. The third-order valence-electron chi connectivity index (χ3n) is 3.66. The summed E-state index contributed by atoms with van der Waals surface area (Å²) in [5, 5.41) is 0.405. The molecular weight excluding hydrogens is 330 g/mol. The van der Waals surface area contributed by atoms with Crippen LogP contribution in [0.15, 0.2) is 34.8 Å². The van der Waals surface area contributed by atoms with Crippen molar-refractivity contribution in [3.05, 3.63) is 39.8 Å². The van der Waals surface area contributed by atoms with E-state index in [0.29, 0.717) is 23.6 Å². The van der Waals surface area contributed by atoms with Gasteiger partial charge in [0.1, 0.15) is 0 Å². The van der Waals surface area contributed by atoms with Crippen LogP contribution in [0.2, 0.25) is 5.02 Å². The second-order valence-corrected chi connectivity index (χ2v) is 6.09. The van der Waals surface area contributed by atoms with Gasteiger partial charge >= 0.3 is 0 Å². The molecule has 2 atom stereocenters. The molecule has 1 aromatic rings. The van der Waals surface area contributed by atoms with E-state index in [1.165, 1.54) is 4.90 Å². The SMILES string of the molecule is O=C1C2CC=CCC2C(=O)N1c1ccc(Br)cc1Cl. The Labute approximate surface area is 124 Å². The van der Waals surface area contributed by atoms with Crippen LogP contribution in [0.5, 0.6) is 0 Å². The molecule has 0 N–H and O–H groups in total. The molecule has 0 saturated carbocycles. The summed E-state index contributed by atoms with van der Waals surface area (Å²) in [5.74, 6) is -0.721. The predicted molar refractivity (Wildman–Crippen MR) is 77.0 cm³/mol. The van der Waals surface area contributed by atoms with Crippen LogP contribution in [-0.2, 0) is 9.59 Å². The quantitative estimate of drug-likeness (QED) is 0.579. The fraction of sp³-hybridized carbons (Fsp3) is 0.286. The van der Waals surface area contributed by atoms with Crippen molar-refractivity contribution in [2.24, 2.45) is 11.8 Å². The number of allylic oxidation sites excluding steroid dienone is 2. The van der Waals surface area contributed by atoms with Gasteiger partial charge in [-0.1, -0.05) is 39.7 Å². The summed E-state index contributed by atoms with van der Waals surface area (Å²) in [6.07, 6.45) is 5.22. The van der Waals surface area contributed by atoms with Crippen molar-refractivity contribution in [2.75, 3.05) is 4.90 Å². The number of amides is 2. The van der Waals surface area contributed by atoms with Crippen molar-refractivity contribution in [1.29, 1.82) is 0 Å². The van der Waals surface area contributed by atoms with E-state index < -0.39 is 0 Å². The third kappa shape index (κ3) is 2.03. The summed E-state index contributed by atoms with van der Waals surface area (Å²) in [7, 11) is 0. The van der Waals surface area contributed by atoms with Crippen molar-refractivity contribution in [2.45, 2.75) is 12.8 Å². The van der Waals surface area contributed by atoms with Crippen LogP contribution >= 0.6 is 27.5 Å². The lowest BCUT2D eigenvalue weighted by Crippen LogP contribution is -2.31. The number of nitrogens with zero attached hydrogens (tertiary/aromatic N) is 1. The first kappa shape index (κ1) is 12.9. The summed E-state index contributed by atoms with van der Waals surface area (Å²) in [4.78, 5) is 26.0. The van der Waals surface area contributed by atoms with Gasteiger partial charge in [0.2, 0.25) is 11.8 Å². The van der Waals surface area contributed by atoms with Crippen LogP contribution < -0.4 is 4.90 Å². The van der Waals surface area contributed by atoms with Crippen LogP contribution in [0.3, 0.4) is 0 Å². The second kappa shape index (κ2) is 4.76. The van der Waals surface area contributed by atoms with E-state index in [-0.39, 0.29) is 23.7 Å². The number of carbonyl (C=O) groups is 2. The zero-order valence-corrected chi connectivity index (χ0v) is 12.3. The monoisotopic (exact) mass is 339 g/mol. The highest BCUT2D eigenvalue weighted by atomic mass is 79.9. The van der Waals surface area contributed by atoms with E-state index in [0.717, 1.165) is 4.47 Å². The molecule has 1 aliphatic carbocycles. The average molecular weight is 341 g/mol. The first-order valence-electron chi connectivity index (χ1n) is 6.07. The van der Waals surface area contributed by atoms with Crippen molar-refractivity contribution in [3.63, 3.8) is 0 Å². The minimum Gasteiger partial charge on any atom is -0.274 e. The van der Waals surface area contributed by atoms with Gasteiger partial charge in [0.15, 0.2) is 0 Å². The molecule has 0 radical (unpaired) electrons. The normalized spacial score (nSPS) is 25.9. The minimum atomic E-state index is -0.225. The standard InChI is InChI=1S/C14H11BrClNO2/c15-8-5-6-12(11(16)7-8)17-13(18)9-3-1-2-4-10(9)14(17)19/h1-2,5-7,9-10H,3-4H2. The van der Waals surface area contributed by atoms with E-state index in [2.05, 4.69) is 15.9 Å². The molecule has 0 spiro atoms. The predicted octanol–water partition coefficient (Wildman–Crippen LogP) is 3.56. The highest BCUT2D eigenvalue weighted by Gasteiger charge is 2.48. The lowest BCUT2D eigenvalue weighted by atomic mass is 9.85. The first-order chi connectivity index (χ1) is 9.09. The van der Waals surface area contributed by atoms with Gasteiger partial charge in [0.05, 0.1) is 22.5 Å². The summed E-state index contributed by atoms with van der Waals surface area (Å²) in [6.45, 7) is 0. The first-order valence-corrected chi connectivity index (χ1v) is 7.24. The molecule has 98 valence electrons. The van der Waals surface area contributed by atoms with Crippen LogP contribution in [0.4, 0.5) is 5.69 Å². The van der Waals surface area contributed by atoms with Crippen LogP contribution in [0.1, 0.15) is 12.8 Å². The average Bonchev–Trinajstić information content (AvgIpc) is 2.64. The van der Waals surface area contributed by atoms with Gasteiger partial charge in [-0.15, -0.1) is 0 Å². The van der Waals surface area contributed by atoms with E-state index >= 15 is 0 Å². The number of benzene rings is 1. The minimum absolute atomic E-state index is 0.136. The molecule has 0 aromatic heterocycles. The Hall–Kier alpha value is -1.13. The third-order valence-corrected chi connectivity index (χ3v) is 4.45. The van der Waals surface area contributed by atoms with Gasteiger partial charge in [0, 0.05) is 4.47 Å². The second-order valence-electron chi connectivity index (χ2n) is 4.76. The van der Waals surface area contributed by atoms with Crippen LogP contribution in [0, 0.1) is 11.8 Å². The van der Waals surface area contributed by atoms with Gasteiger partial charge < -0.3 is 0 Å². The zero-order valence-electron chi connectivity index (χ0n) is 9.98. The number of carbonyl (C=O) groups excluding carboxylic acids is 2. The van der Waals surface area contributed by atoms with Gasteiger partial charge in [0.25, 0.3) is 0 Å². The molecule has 1 aromatic carbocycles. The van der Waals surface area contributed by atoms with E-state index in [9.17, 15) is 9.59 Å². The Morgan fingerprint density at radius 1 is 1.11 bits per heavy atom. The molecule has 19 heavy (non-hydrogen) atoms. The fourth-order valence-corrected chi connectivity index (χ4v) is 3.46. The Morgan fingerprint density at radius 2 is 1.68 bits per heavy atom. The topological polar surface area (TPSA) is 37.4 Å². The van der Waals surface area contributed by atoms with Crippen molar-refractivity contribution in [1.82, 2.24) is 0 Å². The van der Waals surface area contributed by atoms with Crippen molar-refractivity contribution in [3.8, 4) is 0 Å². The molecule has 3 nitrogen and oxygen atoms in total. The number of imide groups is 1. The molecule has 2 amide bonds. The van der Waals surface area contributed by atoms with E-state index in [1.807, 2.05) is 12.2 Å². The summed E-state index contributed by atoms with van der Waals surface area (Å²) in [6, 6.07) is 5.17. The summed E-state index contributed by atoms with van der Waals surface area (Å²) >= 11 is 9.46. The fourth-order valence-electron chi connectivity index (χ4n) is 2.70. The van der Waals surface area contributed by atoms with E-state index in [1.54, 1.807) is 18.2 Å². The lowest BCUT2D eigenvalue weighted by Gasteiger charge is -2.16. The number of fused-ring (bicyclic) bond motifs is 1. The number of hydrogen-bond donors (Lipinski definition) is 0. The number of halogens is 2. The Balaban J connectivity index is 2.02. The smallest absolute Gasteiger partial charge is 0.238 e. The molecule has 5 heteroatoms. The summed E-state index contributed by atoms with van der Waals surface area (Å²) in [5.41, 5.74) is 0.481. The molecule has 1 heterocycles. The highest BCUT2D eigenvalue weighted by molar-refractivity contribution is 9.10. The molecule has 1 fully saturated rings. The zero-order chi connectivity index (χ0) is 13.6. The van der Waals surface area contributed by atoms with Gasteiger partial charge in [-0.3, -0.25) is 9.59 Å². The largest absolute Gasteiger partial charge is 0.274 e.